The maximum atomic E-state index is 10.7. The largest absolute Gasteiger partial charge is 0.446 e. The number of carbonyl (C=O) groups excluding carboxylic acids is 2. The zero-order valence-electron chi connectivity index (χ0n) is 5.61. The number of primary amides is 1. The fourth-order valence-electron chi connectivity index (χ4n) is 0.599. The minimum Gasteiger partial charge on any atom is -0.446 e. The molecule has 1 rings (SSSR count). The van der Waals surface area contributed by atoms with Crippen molar-refractivity contribution in [1.82, 2.24) is 0 Å². The van der Waals surface area contributed by atoms with Crippen molar-refractivity contribution in [2.45, 2.75) is 6.10 Å². The molecule has 0 spiro atoms. The molecule has 0 aliphatic carbocycles. The molecule has 0 aromatic rings. The third kappa shape index (κ3) is 2.17. The average molecular weight is 161 g/mol. The van der Waals surface area contributed by atoms with Crippen LogP contribution in [0.4, 0.5) is 4.79 Å². The van der Waals surface area contributed by atoms with Gasteiger partial charge < -0.3 is 10.5 Å². The van der Waals surface area contributed by atoms with Gasteiger partial charge in [-0.1, -0.05) is 0 Å². The molecule has 1 amide bonds. The van der Waals surface area contributed by atoms with Crippen molar-refractivity contribution in [3.8, 4) is 0 Å². The molecule has 0 radical (unpaired) electrons. The van der Waals surface area contributed by atoms with E-state index in [0.29, 0.717) is 0 Å². The number of rotatable bonds is 2. The standard InChI is InChI=1S/C5H7NO5/c6-5(8)9-2-4-3(7)1-10-11-4/h4H,1-2H2,(H2,6,8). The fraction of sp³-hybridized carbons (Fsp3) is 0.600. The Kier molecular flexibility index (Phi) is 2.40. The van der Waals surface area contributed by atoms with Crippen molar-refractivity contribution in [2.75, 3.05) is 13.2 Å². The molecule has 1 saturated heterocycles. The Labute approximate surface area is 62.1 Å². The molecule has 1 atom stereocenters. The summed E-state index contributed by atoms with van der Waals surface area (Å²) in [7, 11) is 0. The summed E-state index contributed by atoms with van der Waals surface area (Å²) in [5, 5.41) is 0. The lowest BCUT2D eigenvalue weighted by molar-refractivity contribution is -0.278. The van der Waals surface area contributed by atoms with E-state index in [4.69, 9.17) is 0 Å². The summed E-state index contributed by atoms with van der Waals surface area (Å²) in [6.45, 7) is -0.291. The molecule has 6 heteroatoms. The van der Waals surface area contributed by atoms with Crippen LogP contribution in [-0.2, 0) is 19.3 Å². The molecule has 1 aliphatic rings. The molecule has 1 aliphatic heterocycles. The Hall–Kier alpha value is -1.14. The van der Waals surface area contributed by atoms with E-state index in [1.54, 1.807) is 0 Å². The van der Waals surface area contributed by atoms with Gasteiger partial charge >= 0.3 is 6.09 Å². The van der Waals surface area contributed by atoms with Crippen LogP contribution in [0.5, 0.6) is 0 Å². The first kappa shape index (κ1) is 7.96. The second-order valence-electron chi connectivity index (χ2n) is 1.94. The van der Waals surface area contributed by atoms with Gasteiger partial charge in [-0.3, -0.25) is 4.79 Å². The first-order chi connectivity index (χ1) is 5.20. The maximum Gasteiger partial charge on any atom is 0.404 e. The molecule has 6 nitrogen and oxygen atoms in total. The van der Waals surface area contributed by atoms with Crippen molar-refractivity contribution < 1.29 is 24.1 Å². The summed E-state index contributed by atoms with van der Waals surface area (Å²) in [5.41, 5.74) is 4.65. The molecule has 1 unspecified atom stereocenters. The second kappa shape index (κ2) is 3.31. The molecule has 11 heavy (non-hydrogen) atoms. The summed E-state index contributed by atoms with van der Waals surface area (Å²) >= 11 is 0. The minimum atomic E-state index is -0.937. The maximum absolute atomic E-state index is 10.7. The molecule has 0 aromatic carbocycles. The lowest BCUT2D eigenvalue weighted by Crippen LogP contribution is -2.27. The molecule has 0 saturated carbocycles. The Morgan fingerprint density at radius 1 is 1.82 bits per heavy atom. The number of amides is 1. The lowest BCUT2D eigenvalue weighted by Gasteiger charge is -2.03. The van der Waals surface area contributed by atoms with Crippen LogP contribution in [-0.4, -0.2) is 31.2 Å². The Morgan fingerprint density at radius 2 is 2.55 bits per heavy atom. The molecule has 1 heterocycles. The number of carbonyl (C=O) groups is 2. The van der Waals surface area contributed by atoms with Gasteiger partial charge in [-0.2, -0.15) is 0 Å². The number of ether oxygens (including phenoxy) is 1. The van der Waals surface area contributed by atoms with Crippen molar-refractivity contribution in [3.05, 3.63) is 0 Å². The molecular weight excluding hydrogens is 154 g/mol. The van der Waals surface area contributed by atoms with Crippen LogP contribution in [0.25, 0.3) is 0 Å². The monoisotopic (exact) mass is 161 g/mol. The highest BCUT2D eigenvalue weighted by Crippen LogP contribution is 2.04. The number of nitrogens with two attached hydrogens (primary N) is 1. The Balaban J connectivity index is 2.26. The molecule has 0 bridgehead atoms. The van der Waals surface area contributed by atoms with Gasteiger partial charge in [-0.15, -0.1) is 0 Å². The lowest BCUT2D eigenvalue weighted by atomic mass is 10.3. The van der Waals surface area contributed by atoms with Gasteiger partial charge in [-0.05, 0) is 0 Å². The minimum absolute atomic E-state index is 0.104. The van der Waals surface area contributed by atoms with Crippen LogP contribution < -0.4 is 5.73 Å². The first-order valence-corrected chi connectivity index (χ1v) is 2.93. The normalized spacial score (nSPS) is 23.6. The van der Waals surface area contributed by atoms with Gasteiger partial charge in [0.15, 0.2) is 11.9 Å². The van der Waals surface area contributed by atoms with Gasteiger partial charge in [0.05, 0.1) is 0 Å². The van der Waals surface area contributed by atoms with Crippen molar-refractivity contribution in [2.24, 2.45) is 5.73 Å². The Morgan fingerprint density at radius 3 is 3.00 bits per heavy atom. The first-order valence-electron chi connectivity index (χ1n) is 2.93. The summed E-state index contributed by atoms with van der Waals surface area (Å²) in [6, 6.07) is 0. The molecule has 62 valence electrons. The third-order valence-corrected chi connectivity index (χ3v) is 1.12. The van der Waals surface area contributed by atoms with E-state index in [1.807, 2.05) is 0 Å². The topological polar surface area (TPSA) is 87.9 Å². The van der Waals surface area contributed by atoms with Crippen LogP contribution >= 0.6 is 0 Å². The molecule has 1 fully saturated rings. The number of ketones is 1. The second-order valence-corrected chi connectivity index (χ2v) is 1.94. The highest BCUT2D eigenvalue weighted by molar-refractivity contribution is 5.85. The summed E-state index contributed by atoms with van der Waals surface area (Å²) in [5.74, 6) is -0.258. The number of hydrogen-bond acceptors (Lipinski definition) is 5. The van der Waals surface area contributed by atoms with E-state index < -0.39 is 12.2 Å². The zero-order chi connectivity index (χ0) is 8.27. The van der Waals surface area contributed by atoms with E-state index >= 15 is 0 Å². The predicted octanol–water partition coefficient (Wildman–Crippen LogP) is -1.02. The Bertz CT molecular complexity index is 180. The van der Waals surface area contributed by atoms with Gasteiger partial charge in [0.1, 0.15) is 13.2 Å². The van der Waals surface area contributed by atoms with Crippen LogP contribution in [0.3, 0.4) is 0 Å². The molecule has 0 aromatic heterocycles. The van der Waals surface area contributed by atoms with Crippen LogP contribution in [0.15, 0.2) is 0 Å². The van der Waals surface area contributed by atoms with E-state index in [9.17, 15) is 9.59 Å². The summed E-state index contributed by atoms with van der Waals surface area (Å²) < 4.78 is 4.31. The summed E-state index contributed by atoms with van der Waals surface area (Å²) in [6.07, 6.45) is -1.75. The van der Waals surface area contributed by atoms with Crippen molar-refractivity contribution in [1.29, 1.82) is 0 Å². The van der Waals surface area contributed by atoms with E-state index in [1.165, 1.54) is 0 Å². The SMILES string of the molecule is NC(=O)OCC1OOCC1=O. The molecule has 2 N–H and O–H groups in total. The average Bonchev–Trinajstić information content (AvgIpc) is 2.31. The predicted molar refractivity (Wildman–Crippen MR) is 31.4 cm³/mol. The zero-order valence-corrected chi connectivity index (χ0v) is 5.61. The fourth-order valence-corrected chi connectivity index (χ4v) is 0.599. The van der Waals surface area contributed by atoms with Crippen LogP contribution in [0, 0.1) is 0 Å². The number of hydrogen-bond donors (Lipinski definition) is 1. The van der Waals surface area contributed by atoms with Gasteiger partial charge in [0.25, 0.3) is 0 Å². The number of Topliss-reactive ketones (excluding diaryl/α,β-unsaturated/α-hetero) is 1. The van der Waals surface area contributed by atoms with Crippen molar-refractivity contribution >= 4 is 11.9 Å². The smallest absolute Gasteiger partial charge is 0.404 e. The molecular formula is C5H7NO5. The van der Waals surface area contributed by atoms with E-state index in [-0.39, 0.29) is 19.0 Å². The highest BCUT2D eigenvalue weighted by atomic mass is 17.2. The van der Waals surface area contributed by atoms with E-state index in [0.717, 1.165) is 0 Å². The van der Waals surface area contributed by atoms with Crippen LogP contribution in [0.1, 0.15) is 0 Å². The van der Waals surface area contributed by atoms with Gasteiger partial charge in [-0.25, -0.2) is 14.6 Å². The quantitative estimate of drug-likeness (QED) is 0.524. The third-order valence-electron chi connectivity index (χ3n) is 1.12. The van der Waals surface area contributed by atoms with Crippen molar-refractivity contribution in [3.63, 3.8) is 0 Å². The van der Waals surface area contributed by atoms with Gasteiger partial charge in [0.2, 0.25) is 0 Å². The van der Waals surface area contributed by atoms with E-state index in [2.05, 4.69) is 20.2 Å². The van der Waals surface area contributed by atoms with Crippen LogP contribution in [0.2, 0.25) is 0 Å². The summed E-state index contributed by atoms with van der Waals surface area (Å²) in [4.78, 5) is 29.5. The van der Waals surface area contributed by atoms with Gasteiger partial charge in [0, 0.05) is 0 Å². The highest BCUT2D eigenvalue weighted by Gasteiger charge is 2.28.